The molecule has 2 rings (SSSR count). The summed E-state index contributed by atoms with van der Waals surface area (Å²) in [4.78, 5) is 2.62. The van der Waals surface area contributed by atoms with E-state index in [1.165, 1.54) is 45.1 Å². The Balaban J connectivity index is 1.81. The zero-order valence-electron chi connectivity index (χ0n) is 11.9. The molecule has 2 heteroatoms. The fraction of sp³-hybridized carbons (Fsp3) is 1.00. The maximum atomic E-state index is 3.70. The summed E-state index contributed by atoms with van der Waals surface area (Å²) in [6, 6.07) is 1.59. The average Bonchev–Trinajstić information content (AvgIpc) is 3.15. The molecule has 0 radical (unpaired) electrons. The number of nitrogens with one attached hydrogen (secondary N) is 1. The van der Waals surface area contributed by atoms with Gasteiger partial charge in [0.15, 0.2) is 0 Å². The molecular formula is C15H30N2. The van der Waals surface area contributed by atoms with Crippen molar-refractivity contribution in [1.29, 1.82) is 0 Å². The Kier molecular flexibility index (Phi) is 4.87. The third-order valence-electron chi connectivity index (χ3n) is 4.90. The highest BCUT2D eigenvalue weighted by atomic mass is 15.1. The Morgan fingerprint density at radius 3 is 2.53 bits per heavy atom. The standard InChI is InChI=1S/C15H30N2/c1-4-16-15-8-6-5-7-14(15)11-17(3)12(2)13-9-10-13/h12-16H,4-11H2,1-3H3. The van der Waals surface area contributed by atoms with Crippen molar-refractivity contribution < 1.29 is 0 Å². The molecule has 2 saturated carbocycles. The monoisotopic (exact) mass is 238 g/mol. The largest absolute Gasteiger partial charge is 0.314 e. The minimum atomic E-state index is 0.780. The lowest BCUT2D eigenvalue weighted by molar-refractivity contribution is 0.151. The summed E-state index contributed by atoms with van der Waals surface area (Å²) in [5.41, 5.74) is 0. The summed E-state index contributed by atoms with van der Waals surface area (Å²) in [5.74, 6) is 1.89. The molecule has 2 aliphatic carbocycles. The predicted octanol–water partition coefficient (Wildman–Crippen LogP) is 2.89. The second-order valence-corrected chi connectivity index (χ2v) is 6.23. The second kappa shape index (κ2) is 6.19. The lowest BCUT2D eigenvalue weighted by Gasteiger charge is -2.36. The van der Waals surface area contributed by atoms with Crippen molar-refractivity contribution in [3.63, 3.8) is 0 Å². The number of nitrogens with zero attached hydrogens (tertiary/aromatic N) is 1. The SMILES string of the molecule is CCNC1CCCCC1CN(C)C(C)C1CC1. The number of hydrogen-bond acceptors (Lipinski definition) is 2. The van der Waals surface area contributed by atoms with Gasteiger partial charge in [-0.25, -0.2) is 0 Å². The van der Waals surface area contributed by atoms with Gasteiger partial charge in [0, 0.05) is 18.6 Å². The van der Waals surface area contributed by atoms with Gasteiger partial charge in [0.25, 0.3) is 0 Å². The molecule has 3 unspecified atom stereocenters. The second-order valence-electron chi connectivity index (χ2n) is 6.23. The molecule has 0 aliphatic heterocycles. The van der Waals surface area contributed by atoms with Gasteiger partial charge in [-0.2, -0.15) is 0 Å². The van der Waals surface area contributed by atoms with Gasteiger partial charge < -0.3 is 10.2 Å². The first-order chi connectivity index (χ1) is 8.22. The van der Waals surface area contributed by atoms with E-state index in [1.54, 1.807) is 0 Å². The Labute approximate surface area is 107 Å². The van der Waals surface area contributed by atoms with Crippen LogP contribution in [0, 0.1) is 11.8 Å². The first kappa shape index (κ1) is 13.4. The molecule has 0 spiro atoms. The van der Waals surface area contributed by atoms with E-state index in [0.717, 1.165) is 30.5 Å². The third kappa shape index (κ3) is 3.69. The van der Waals surface area contributed by atoms with E-state index in [9.17, 15) is 0 Å². The van der Waals surface area contributed by atoms with Crippen molar-refractivity contribution in [2.75, 3.05) is 20.1 Å². The van der Waals surface area contributed by atoms with Gasteiger partial charge in [-0.3, -0.25) is 0 Å². The van der Waals surface area contributed by atoms with Crippen molar-refractivity contribution in [3.8, 4) is 0 Å². The van der Waals surface area contributed by atoms with E-state index in [4.69, 9.17) is 0 Å². The maximum absolute atomic E-state index is 3.70. The first-order valence-corrected chi connectivity index (χ1v) is 7.66. The van der Waals surface area contributed by atoms with Crippen LogP contribution in [0.5, 0.6) is 0 Å². The number of rotatable bonds is 6. The van der Waals surface area contributed by atoms with Gasteiger partial charge in [-0.15, -0.1) is 0 Å². The van der Waals surface area contributed by atoms with Crippen LogP contribution in [-0.2, 0) is 0 Å². The first-order valence-electron chi connectivity index (χ1n) is 7.66. The van der Waals surface area contributed by atoms with Crippen LogP contribution < -0.4 is 5.32 Å². The summed E-state index contributed by atoms with van der Waals surface area (Å²) in [6.45, 7) is 7.09. The van der Waals surface area contributed by atoms with Crippen LogP contribution in [0.2, 0.25) is 0 Å². The lowest BCUT2D eigenvalue weighted by atomic mass is 9.84. The Bertz CT molecular complexity index is 223. The van der Waals surface area contributed by atoms with E-state index >= 15 is 0 Å². The van der Waals surface area contributed by atoms with Gasteiger partial charge in [0.1, 0.15) is 0 Å². The summed E-state index contributed by atoms with van der Waals surface area (Å²) in [5, 5.41) is 3.70. The Hall–Kier alpha value is -0.0800. The van der Waals surface area contributed by atoms with E-state index < -0.39 is 0 Å². The minimum absolute atomic E-state index is 0.780. The molecule has 2 fully saturated rings. The molecule has 0 bridgehead atoms. The molecule has 0 aromatic heterocycles. The molecular weight excluding hydrogens is 208 g/mol. The molecule has 17 heavy (non-hydrogen) atoms. The van der Waals surface area contributed by atoms with Crippen LogP contribution in [0.15, 0.2) is 0 Å². The molecule has 0 amide bonds. The molecule has 0 saturated heterocycles. The topological polar surface area (TPSA) is 15.3 Å². The van der Waals surface area contributed by atoms with Gasteiger partial charge in [-0.05, 0) is 58.0 Å². The average molecular weight is 238 g/mol. The van der Waals surface area contributed by atoms with Crippen molar-refractivity contribution in [1.82, 2.24) is 10.2 Å². The molecule has 3 atom stereocenters. The highest BCUT2D eigenvalue weighted by molar-refractivity contribution is 4.87. The Morgan fingerprint density at radius 2 is 1.88 bits per heavy atom. The maximum Gasteiger partial charge on any atom is 0.0107 e. The third-order valence-corrected chi connectivity index (χ3v) is 4.90. The molecule has 2 aliphatic rings. The van der Waals surface area contributed by atoms with Crippen LogP contribution in [0.3, 0.4) is 0 Å². The van der Waals surface area contributed by atoms with E-state index in [-0.39, 0.29) is 0 Å². The molecule has 0 heterocycles. The molecule has 0 aromatic rings. The van der Waals surface area contributed by atoms with Crippen molar-refractivity contribution >= 4 is 0 Å². The summed E-state index contributed by atoms with van der Waals surface area (Å²) >= 11 is 0. The van der Waals surface area contributed by atoms with Crippen LogP contribution >= 0.6 is 0 Å². The van der Waals surface area contributed by atoms with Crippen molar-refractivity contribution in [3.05, 3.63) is 0 Å². The molecule has 1 N–H and O–H groups in total. The molecule has 2 nitrogen and oxygen atoms in total. The van der Waals surface area contributed by atoms with Gasteiger partial charge in [0.2, 0.25) is 0 Å². The highest BCUT2D eigenvalue weighted by Crippen LogP contribution is 2.35. The van der Waals surface area contributed by atoms with Gasteiger partial charge in [-0.1, -0.05) is 19.8 Å². The normalized spacial score (nSPS) is 31.8. The van der Waals surface area contributed by atoms with Crippen molar-refractivity contribution in [2.24, 2.45) is 11.8 Å². The Morgan fingerprint density at radius 1 is 1.18 bits per heavy atom. The van der Waals surface area contributed by atoms with E-state index in [2.05, 4.69) is 31.1 Å². The van der Waals surface area contributed by atoms with Crippen LogP contribution in [0.25, 0.3) is 0 Å². The predicted molar refractivity (Wildman–Crippen MR) is 74.2 cm³/mol. The summed E-state index contributed by atoms with van der Waals surface area (Å²) in [6.07, 6.45) is 8.62. The number of hydrogen-bond donors (Lipinski definition) is 1. The lowest BCUT2D eigenvalue weighted by Crippen LogP contribution is -2.45. The fourth-order valence-electron chi connectivity index (χ4n) is 3.43. The highest BCUT2D eigenvalue weighted by Gasteiger charge is 2.33. The summed E-state index contributed by atoms with van der Waals surface area (Å²) in [7, 11) is 2.33. The van der Waals surface area contributed by atoms with Crippen LogP contribution in [0.4, 0.5) is 0 Å². The quantitative estimate of drug-likeness (QED) is 0.765. The van der Waals surface area contributed by atoms with E-state index in [1.807, 2.05) is 0 Å². The minimum Gasteiger partial charge on any atom is -0.314 e. The van der Waals surface area contributed by atoms with E-state index in [0.29, 0.717) is 0 Å². The molecule has 100 valence electrons. The van der Waals surface area contributed by atoms with Gasteiger partial charge >= 0.3 is 0 Å². The van der Waals surface area contributed by atoms with Crippen LogP contribution in [0.1, 0.15) is 52.4 Å². The molecule has 0 aromatic carbocycles. The fourth-order valence-corrected chi connectivity index (χ4v) is 3.43. The smallest absolute Gasteiger partial charge is 0.0107 e. The summed E-state index contributed by atoms with van der Waals surface area (Å²) < 4.78 is 0. The zero-order valence-corrected chi connectivity index (χ0v) is 11.9. The van der Waals surface area contributed by atoms with Gasteiger partial charge in [0.05, 0.1) is 0 Å². The van der Waals surface area contributed by atoms with Crippen LogP contribution in [-0.4, -0.2) is 37.1 Å². The van der Waals surface area contributed by atoms with Crippen molar-refractivity contribution in [2.45, 2.75) is 64.5 Å². The zero-order chi connectivity index (χ0) is 12.3.